The quantitative estimate of drug-likeness (QED) is 0.140. The van der Waals surface area contributed by atoms with Gasteiger partial charge in [-0.25, -0.2) is 4.79 Å². The fourth-order valence-electron chi connectivity index (χ4n) is 3.02. The summed E-state index contributed by atoms with van der Waals surface area (Å²) in [6, 6.07) is 5.05. The summed E-state index contributed by atoms with van der Waals surface area (Å²) in [5.74, 6) is -4.31. The van der Waals surface area contributed by atoms with E-state index in [0.717, 1.165) is 0 Å². The highest BCUT2D eigenvalue weighted by Crippen LogP contribution is 2.07. The fourth-order valence-corrected chi connectivity index (χ4v) is 3.02. The molecule has 0 bridgehead atoms. The predicted molar refractivity (Wildman–Crippen MR) is 119 cm³/mol. The van der Waals surface area contributed by atoms with Crippen LogP contribution in [0.15, 0.2) is 30.3 Å². The van der Waals surface area contributed by atoms with Crippen LogP contribution in [0.25, 0.3) is 0 Å². The summed E-state index contributed by atoms with van der Waals surface area (Å²) in [5, 5.41) is 16.7. The summed E-state index contributed by atoms with van der Waals surface area (Å²) in [6.45, 7) is -0.0255. The summed E-state index contributed by atoms with van der Waals surface area (Å²) in [7, 11) is 0. The molecule has 1 rings (SSSR count). The number of primary amides is 1. The number of hydrogen-bond acceptors (Lipinski definition) is 7. The lowest BCUT2D eigenvalue weighted by molar-refractivity contribution is -0.142. The molecule has 0 saturated heterocycles. The van der Waals surface area contributed by atoms with E-state index in [4.69, 9.17) is 17.2 Å². The molecule has 0 aliphatic carbocycles. The van der Waals surface area contributed by atoms with Crippen molar-refractivity contribution < 1.29 is 29.1 Å². The molecule has 0 aliphatic heterocycles. The van der Waals surface area contributed by atoms with Crippen LogP contribution in [0.3, 0.4) is 0 Å². The van der Waals surface area contributed by atoms with Gasteiger partial charge in [0, 0.05) is 6.42 Å². The molecule has 182 valence electrons. The molecule has 0 aliphatic rings. The highest BCUT2D eigenvalue weighted by atomic mass is 16.4. The summed E-state index contributed by atoms with van der Waals surface area (Å²) in [4.78, 5) is 60.3. The molecule has 0 saturated carbocycles. The number of unbranched alkanes of at least 4 members (excludes halogenated alkanes) is 1. The van der Waals surface area contributed by atoms with Crippen LogP contribution < -0.4 is 33.2 Å². The average molecular weight is 465 g/mol. The number of benzene rings is 1. The number of amides is 4. The first-order chi connectivity index (χ1) is 15.7. The fraction of sp³-hybridized carbons (Fsp3) is 0.476. The summed E-state index contributed by atoms with van der Waals surface area (Å²) >= 11 is 0. The first-order valence-electron chi connectivity index (χ1n) is 10.5. The number of carboxylic acid groups (broad SMARTS) is 1. The molecular weight excluding hydrogens is 432 g/mol. The van der Waals surface area contributed by atoms with Gasteiger partial charge in [0.1, 0.15) is 18.1 Å². The van der Waals surface area contributed by atoms with E-state index in [-0.39, 0.29) is 12.8 Å². The number of nitrogens with two attached hydrogens (primary N) is 3. The Morgan fingerprint density at radius 3 is 2.00 bits per heavy atom. The lowest BCUT2D eigenvalue weighted by Crippen LogP contribution is -2.57. The third-order valence-electron chi connectivity index (χ3n) is 4.72. The standard InChI is InChI=1S/C21H32N6O6/c22-9-5-4-8-14(21(32)33)26-19(30)15(10-13-6-2-1-3-7-13)27-20(31)16(11-17(24)28)25-18(29)12-23/h1-3,6-7,14-16H,4-5,8-12,22-23H2,(H2,24,28)(H,25,29)(H,26,30)(H,27,31)(H,32,33). The molecule has 0 spiro atoms. The largest absolute Gasteiger partial charge is 0.480 e. The van der Waals surface area contributed by atoms with E-state index < -0.39 is 60.7 Å². The van der Waals surface area contributed by atoms with E-state index in [1.165, 1.54) is 0 Å². The summed E-state index contributed by atoms with van der Waals surface area (Å²) < 4.78 is 0. The minimum absolute atomic E-state index is 0.0433. The Morgan fingerprint density at radius 1 is 0.848 bits per heavy atom. The first-order valence-corrected chi connectivity index (χ1v) is 10.5. The molecule has 10 N–H and O–H groups in total. The molecule has 3 atom stereocenters. The second-order valence-electron chi connectivity index (χ2n) is 7.43. The average Bonchev–Trinajstić information content (AvgIpc) is 2.77. The molecule has 3 unspecified atom stereocenters. The van der Waals surface area contributed by atoms with Crippen LogP contribution in [0.2, 0.25) is 0 Å². The second-order valence-corrected chi connectivity index (χ2v) is 7.43. The van der Waals surface area contributed by atoms with E-state index in [9.17, 15) is 29.1 Å². The lowest BCUT2D eigenvalue weighted by Gasteiger charge is -2.24. The Morgan fingerprint density at radius 2 is 1.45 bits per heavy atom. The van der Waals surface area contributed by atoms with Crippen molar-refractivity contribution in [3.05, 3.63) is 35.9 Å². The smallest absolute Gasteiger partial charge is 0.326 e. The Kier molecular flexibility index (Phi) is 12.1. The van der Waals surface area contributed by atoms with Gasteiger partial charge in [-0.15, -0.1) is 0 Å². The van der Waals surface area contributed by atoms with Crippen molar-refractivity contribution >= 4 is 29.6 Å². The van der Waals surface area contributed by atoms with Crippen LogP contribution in [-0.4, -0.2) is 65.9 Å². The number of carbonyl (C=O) groups is 5. The van der Waals surface area contributed by atoms with E-state index in [1.807, 2.05) is 0 Å². The molecule has 33 heavy (non-hydrogen) atoms. The normalized spacial score (nSPS) is 13.3. The molecule has 12 nitrogen and oxygen atoms in total. The van der Waals surface area contributed by atoms with E-state index in [2.05, 4.69) is 16.0 Å². The zero-order chi connectivity index (χ0) is 24.8. The number of carboxylic acids is 1. The van der Waals surface area contributed by atoms with Crippen molar-refractivity contribution in [3.8, 4) is 0 Å². The molecule has 4 amide bonds. The second kappa shape index (κ2) is 14.5. The van der Waals surface area contributed by atoms with Crippen molar-refractivity contribution in [2.24, 2.45) is 17.2 Å². The van der Waals surface area contributed by atoms with Gasteiger partial charge in [0.25, 0.3) is 0 Å². The van der Waals surface area contributed by atoms with Crippen LogP contribution in [0, 0.1) is 0 Å². The maximum absolute atomic E-state index is 12.9. The third kappa shape index (κ3) is 10.6. The van der Waals surface area contributed by atoms with Gasteiger partial charge in [-0.2, -0.15) is 0 Å². The van der Waals surface area contributed by atoms with Gasteiger partial charge in [-0.05, 0) is 31.4 Å². The van der Waals surface area contributed by atoms with Gasteiger partial charge in [0.05, 0.1) is 13.0 Å². The van der Waals surface area contributed by atoms with Crippen molar-refractivity contribution in [1.82, 2.24) is 16.0 Å². The van der Waals surface area contributed by atoms with E-state index >= 15 is 0 Å². The highest BCUT2D eigenvalue weighted by Gasteiger charge is 2.30. The molecule has 0 aromatic heterocycles. The third-order valence-corrected chi connectivity index (χ3v) is 4.72. The first kappa shape index (κ1) is 27.5. The SMILES string of the molecule is NCCCCC(NC(=O)C(Cc1ccccc1)NC(=O)C(CC(N)=O)NC(=O)CN)C(=O)O. The molecule has 1 aromatic rings. The monoisotopic (exact) mass is 464 g/mol. The van der Waals surface area contributed by atoms with Gasteiger partial charge >= 0.3 is 5.97 Å². The maximum atomic E-state index is 12.9. The van der Waals surface area contributed by atoms with Crippen LogP contribution in [0.5, 0.6) is 0 Å². The van der Waals surface area contributed by atoms with Gasteiger partial charge in [-0.1, -0.05) is 30.3 Å². The molecule has 0 heterocycles. The molecule has 12 heteroatoms. The number of aliphatic carboxylic acids is 1. The van der Waals surface area contributed by atoms with Gasteiger partial charge in [0.2, 0.25) is 23.6 Å². The molecular formula is C21H32N6O6. The van der Waals surface area contributed by atoms with E-state index in [1.54, 1.807) is 30.3 Å². The van der Waals surface area contributed by atoms with Crippen LogP contribution in [0.1, 0.15) is 31.2 Å². The van der Waals surface area contributed by atoms with Gasteiger partial charge < -0.3 is 38.3 Å². The zero-order valence-electron chi connectivity index (χ0n) is 18.3. The molecule has 0 fully saturated rings. The topological polar surface area (TPSA) is 220 Å². The Labute approximate surface area is 191 Å². The van der Waals surface area contributed by atoms with Crippen LogP contribution >= 0.6 is 0 Å². The minimum Gasteiger partial charge on any atom is -0.480 e. The van der Waals surface area contributed by atoms with Crippen molar-refractivity contribution in [2.45, 2.75) is 50.2 Å². The van der Waals surface area contributed by atoms with E-state index in [0.29, 0.717) is 24.9 Å². The minimum atomic E-state index is -1.34. The Balaban J connectivity index is 3.05. The van der Waals surface area contributed by atoms with Gasteiger partial charge in [-0.3, -0.25) is 19.2 Å². The zero-order valence-corrected chi connectivity index (χ0v) is 18.3. The summed E-state index contributed by atoms with van der Waals surface area (Å²) in [5.41, 5.74) is 16.5. The lowest BCUT2D eigenvalue weighted by atomic mass is 10.0. The maximum Gasteiger partial charge on any atom is 0.326 e. The molecule has 1 aromatic carbocycles. The Hall–Kier alpha value is -3.51. The van der Waals surface area contributed by atoms with Gasteiger partial charge in [0.15, 0.2) is 0 Å². The van der Waals surface area contributed by atoms with Crippen molar-refractivity contribution in [2.75, 3.05) is 13.1 Å². The van der Waals surface area contributed by atoms with Crippen molar-refractivity contribution in [1.29, 1.82) is 0 Å². The predicted octanol–water partition coefficient (Wildman–Crippen LogP) is -2.27. The molecule has 0 radical (unpaired) electrons. The van der Waals surface area contributed by atoms with Crippen LogP contribution in [0.4, 0.5) is 0 Å². The number of hydrogen-bond donors (Lipinski definition) is 7. The van der Waals surface area contributed by atoms with Crippen LogP contribution in [-0.2, 0) is 30.4 Å². The number of carbonyl (C=O) groups excluding carboxylic acids is 4. The number of nitrogens with one attached hydrogen (secondary N) is 3. The Bertz CT molecular complexity index is 819. The number of rotatable bonds is 15. The summed E-state index contributed by atoms with van der Waals surface area (Å²) in [6.07, 6.45) is 0.797. The van der Waals surface area contributed by atoms with Crippen molar-refractivity contribution in [3.63, 3.8) is 0 Å². The highest BCUT2D eigenvalue weighted by molar-refractivity contribution is 5.95.